The Labute approximate surface area is 96.4 Å². The van der Waals surface area contributed by atoms with Gasteiger partial charge < -0.3 is 10.2 Å². The summed E-state index contributed by atoms with van der Waals surface area (Å²) in [5.41, 5.74) is -0.557. The molecule has 2 aliphatic rings. The molecular formula is C12H20N2O2. The zero-order chi connectivity index (χ0) is 11.8. The number of hydrogen-bond acceptors (Lipinski definition) is 2. The molecule has 1 heterocycles. The summed E-state index contributed by atoms with van der Waals surface area (Å²) >= 11 is 0. The summed E-state index contributed by atoms with van der Waals surface area (Å²) < 4.78 is 0. The molecule has 1 aliphatic carbocycles. The molecule has 0 bridgehead atoms. The predicted molar refractivity (Wildman–Crippen MR) is 60.8 cm³/mol. The third kappa shape index (κ3) is 1.51. The quantitative estimate of drug-likeness (QED) is 0.762. The lowest BCUT2D eigenvalue weighted by Gasteiger charge is -2.43. The van der Waals surface area contributed by atoms with E-state index in [9.17, 15) is 9.59 Å². The van der Waals surface area contributed by atoms with Gasteiger partial charge in [-0.05, 0) is 26.2 Å². The van der Waals surface area contributed by atoms with Gasteiger partial charge in [0.15, 0.2) is 0 Å². The van der Waals surface area contributed by atoms with Gasteiger partial charge in [0.2, 0.25) is 11.8 Å². The number of piperazine rings is 1. The average Bonchev–Trinajstić information content (AvgIpc) is 2.72. The molecule has 0 aromatic rings. The van der Waals surface area contributed by atoms with E-state index in [2.05, 4.69) is 5.32 Å². The number of carbonyl (C=O) groups excluding carboxylic acids is 2. The van der Waals surface area contributed by atoms with E-state index in [1.165, 1.54) is 0 Å². The molecule has 2 rings (SSSR count). The zero-order valence-corrected chi connectivity index (χ0v) is 10.1. The predicted octanol–water partition coefficient (Wildman–Crippen LogP) is 1.06. The molecule has 1 N–H and O–H groups in total. The van der Waals surface area contributed by atoms with Gasteiger partial charge >= 0.3 is 0 Å². The Hall–Kier alpha value is -1.06. The summed E-state index contributed by atoms with van der Waals surface area (Å²) in [6, 6.07) is -0.260. The lowest BCUT2D eigenvalue weighted by atomic mass is 9.90. The van der Waals surface area contributed by atoms with Gasteiger partial charge in [0.25, 0.3) is 0 Å². The summed E-state index contributed by atoms with van der Waals surface area (Å²) in [4.78, 5) is 26.2. The van der Waals surface area contributed by atoms with Crippen LogP contribution in [-0.4, -0.2) is 34.8 Å². The molecule has 1 saturated carbocycles. The van der Waals surface area contributed by atoms with Crippen LogP contribution in [0.5, 0.6) is 0 Å². The first kappa shape index (κ1) is 11.4. The number of rotatable bonds is 2. The van der Waals surface area contributed by atoms with Gasteiger partial charge in [0, 0.05) is 6.54 Å². The molecule has 0 aromatic carbocycles. The first-order chi connectivity index (χ1) is 7.64. The van der Waals surface area contributed by atoms with Crippen molar-refractivity contribution in [2.45, 2.75) is 57.5 Å². The normalized spacial score (nSPS) is 28.6. The van der Waals surface area contributed by atoms with Crippen LogP contribution in [0, 0.1) is 0 Å². The van der Waals surface area contributed by atoms with E-state index in [-0.39, 0.29) is 17.9 Å². The van der Waals surface area contributed by atoms with Gasteiger partial charge in [-0.15, -0.1) is 0 Å². The number of likely N-dealkylation sites (N-methyl/N-ethyl adjacent to an activating group) is 1. The van der Waals surface area contributed by atoms with Crippen LogP contribution in [-0.2, 0) is 9.59 Å². The summed E-state index contributed by atoms with van der Waals surface area (Å²) in [6.07, 6.45) is 4.40. The summed E-state index contributed by atoms with van der Waals surface area (Å²) in [7, 11) is 0. The Balaban J connectivity index is 2.28. The van der Waals surface area contributed by atoms with Crippen LogP contribution in [0.2, 0.25) is 0 Å². The molecular weight excluding hydrogens is 204 g/mol. The molecule has 2 amide bonds. The SMILES string of the molecule is CCC1C(=O)NC2(CCCC2)C(=O)N1CC. The Morgan fingerprint density at radius 2 is 1.94 bits per heavy atom. The molecule has 1 atom stereocenters. The summed E-state index contributed by atoms with van der Waals surface area (Å²) in [6.45, 7) is 4.53. The first-order valence-electron chi connectivity index (χ1n) is 6.27. The fourth-order valence-corrected chi connectivity index (χ4v) is 3.02. The van der Waals surface area contributed by atoms with Crippen molar-refractivity contribution in [1.82, 2.24) is 10.2 Å². The molecule has 16 heavy (non-hydrogen) atoms. The van der Waals surface area contributed by atoms with Crippen LogP contribution >= 0.6 is 0 Å². The third-order valence-electron chi connectivity index (χ3n) is 3.90. The van der Waals surface area contributed by atoms with Crippen LogP contribution in [0.3, 0.4) is 0 Å². The molecule has 1 saturated heterocycles. The molecule has 1 unspecified atom stereocenters. The maximum absolute atomic E-state index is 12.4. The molecule has 0 radical (unpaired) electrons. The van der Waals surface area contributed by atoms with E-state index < -0.39 is 5.54 Å². The minimum atomic E-state index is -0.557. The maximum atomic E-state index is 12.4. The Bertz CT molecular complexity index is 308. The van der Waals surface area contributed by atoms with E-state index in [4.69, 9.17) is 0 Å². The Morgan fingerprint density at radius 1 is 1.31 bits per heavy atom. The monoisotopic (exact) mass is 224 g/mol. The largest absolute Gasteiger partial charge is 0.340 e. The van der Waals surface area contributed by atoms with Gasteiger partial charge in [-0.25, -0.2) is 0 Å². The fourth-order valence-electron chi connectivity index (χ4n) is 3.02. The van der Waals surface area contributed by atoms with Gasteiger partial charge in [0.05, 0.1) is 0 Å². The second-order valence-corrected chi connectivity index (χ2v) is 4.79. The summed E-state index contributed by atoms with van der Waals surface area (Å²) in [5, 5.41) is 2.98. The highest BCUT2D eigenvalue weighted by atomic mass is 16.2. The number of amides is 2. The molecule has 0 aromatic heterocycles. The maximum Gasteiger partial charge on any atom is 0.248 e. The minimum absolute atomic E-state index is 0.0332. The van der Waals surface area contributed by atoms with E-state index >= 15 is 0 Å². The standard InChI is InChI=1S/C12H20N2O2/c1-3-9-10(15)13-12(7-5-6-8-12)11(16)14(9)4-2/h9H,3-8H2,1-2H3,(H,13,15). The first-order valence-corrected chi connectivity index (χ1v) is 6.27. The molecule has 90 valence electrons. The number of nitrogens with zero attached hydrogens (tertiary/aromatic N) is 1. The van der Waals surface area contributed by atoms with E-state index in [0.717, 1.165) is 25.7 Å². The Morgan fingerprint density at radius 3 is 2.44 bits per heavy atom. The molecule has 2 fully saturated rings. The van der Waals surface area contributed by atoms with Crippen molar-refractivity contribution in [2.75, 3.05) is 6.54 Å². The van der Waals surface area contributed by atoms with Gasteiger partial charge in [-0.1, -0.05) is 19.8 Å². The smallest absolute Gasteiger partial charge is 0.248 e. The highest BCUT2D eigenvalue weighted by molar-refractivity contribution is 6.00. The van der Waals surface area contributed by atoms with E-state index in [1.807, 2.05) is 13.8 Å². The highest BCUT2D eigenvalue weighted by Gasteiger charge is 2.50. The highest BCUT2D eigenvalue weighted by Crippen LogP contribution is 2.34. The molecule has 4 nitrogen and oxygen atoms in total. The third-order valence-corrected chi connectivity index (χ3v) is 3.90. The lowest BCUT2D eigenvalue weighted by molar-refractivity contribution is -0.154. The molecule has 1 aliphatic heterocycles. The van der Waals surface area contributed by atoms with Crippen LogP contribution in [0.25, 0.3) is 0 Å². The fraction of sp³-hybridized carbons (Fsp3) is 0.833. The molecule has 4 heteroatoms. The van der Waals surface area contributed by atoms with E-state index in [1.54, 1.807) is 4.90 Å². The van der Waals surface area contributed by atoms with Crippen LogP contribution in [0.1, 0.15) is 46.0 Å². The van der Waals surface area contributed by atoms with Crippen molar-refractivity contribution in [3.05, 3.63) is 0 Å². The zero-order valence-electron chi connectivity index (χ0n) is 10.1. The van der Waals surface area contributed by atoms with Gasteiger partial charge in [-0.3, -0.25) is 9.59 Å². The second-order valence-electron chi connectivity index (χ2n) is 4.79. The van der Waals surface area contributed by atoms with Crippen molar-refractivity contribution in [1.29, 1.82) is 0 Å². The number of carbonyl (C=O) groups is 2. The topological polar surface area (TPSA) is 49.4 Å². The van der Waals surface area contributed by atoms with Crippen molar-refractivity contribution >= 4 is 11.8 Å². The summed E-state index contributed by atoms with van der Waals surface area (Å²) in [5.74, 6) is 0.171. The van der Waals surface area contributed by atoms with Crippen molar-refractivity contribution in [3.63, 3.8) is 0 Å². The van der Waals surface area contributed by atoms with Gasteiger partial charge in [0.1, 0.15) is 11.6 Å². The number of hydrogen-bond donors (Lipinski definition) is 1. The van der Waals surface area contributed by atoms with Crippen molar-refractivity contribution in [3.8, 4) is 0 Å². The van der Waals surface area contributed by atoms with Gasteiger partial charge in [-0.2, -0.15) is 0 Å². The van der Waals surface area contributed by atoms with Crippen molar-refractivity contribution < 1.29 is 9.59 Å². The van der Waals surface area contributed by atoms with E-state index in [0.29, 0.717) is 13.0 Å². The number of nitrogens with one attached hydrogen (secondary N) is 1. The minimum Gasteiger partial charge on any atom is -0.340 e. The average molecular weight is 224 g/mol. The lowest BCUT2D eigenvalue weighted by Crippen LogP contribution is -2.69. The van der Waals surface area contributed by atoms with Crippen LogP contribution in [0.4, 0.5) is 0 Å². The van der Waals surface area contributed by atoms with Crippen LogP contribution < -0.4 is 5.32 Å². The van der Waals surface area contributed by atoms with Crippen LogP contribution in [0.15, 0.2) is 0 Å². The second kappa shape index (κ2) is 4.07. The Kier molecular flexibility index (Phi) is 2.91. The van der Waals surface area contributed by atoms with Crippen molar-refractivity contribution in [2.24, 2.45) is 0 Å². The molecule has 1 spiro atoms.